The quantitative estimate of drug-likeness (QED) is 0.352. The van der Waals surface area contributed by atoms with E-state index in [9.17, 15) is 4.79 Å². The zero-order valence-electron chi connectivity index (χ0n) is 7.33. The van der Waals surface area contributed by atoms with Crippen molar-refractivity contribution in [1.29, 1.82) is 0 Å². The van der Waals surface area contributed by atoms with Gasteiger partial charge >= 0.3 is 58.8 Å². The second kappa shape index (κ2) is 3.82. The molecule has 2 nitrogen and oxygen atoms in total. The molecule has 0 bridgehead atoms. The molecule has 0 N–H and O–H groups in total. The normalized spacial score (nSPS) is 13.3. The SMILES string of the molecule is O=C1OCc2ccccc21.[H+].[K+]. The van der Waals surface area contributed by atoms with Gasteiger partial charge in [-0.2, -0.15) is 0 Å². The predicted octanol–water partition coefficient (Wildman–Crippen LogP) is -1.53. The van der Waals surface area contributed by atoms with Gasteiger partial charge in [-0.1, -0.05) is 18.2 Å². The van der Waals surface area contributed by atoms with Crippen molar-refractivity contribution in [3.63, 3.8) is 0 Å². The second-order valence-corrected chi connectivity index (χ2v) is 2.23. The third kappa shape index (κ3) is 1.73. The number of fused-ring (bicyclic) bond motifs is 1. The summed E-state index contributed by atoms with van der Waals surface area (Å²) in [6.07, 6.45) is 0. The molecule has 1 aliphatic rings. The molecule has 50 valence electrons. The van der Waals surface area contributed by atoms with E-state index in [1.165, 1.54) is 0 Å². The van der Waals surface area contributed by atoms with E-state index in [0.29, 0.717) is 12.2 Å². The summed E-state index contributed by atoms with van der Waals surface area (Å²) in [5.74, 6) is -0.199. The zero-order chi connectivity index (χ0) is 6.97. The van der Waals surface area contributed by atoms with Crippen LogP contribution in [0.25, 0.3) is 0 Å². The molecule has 0 radical (unpaired) electrons. The summed E-state index contributed by atoms with van der Waals surface area (Å²) in [5, 5.41) is 0. The fourth-order valence-corrected chi connectivity index (χ4v) is 1.07. The van der Waals surface area contributed by atoms with Gasteiger partial charge in [0, 0.05) is 5.56 Å². The molecule has 0 aromatic heterocycles. The molecular formula is C8H7KO2+2. The molecule has 2 rings (SSSR count). The number of rotatable bonds is 0. The molecule has 3 heteroatoms. The minimum atomic E-state index is -0.199. The first-order chi connectivity index (χ1) is 4.88. The fourth-order valence-electron chi connectivity index (χ4n) is 1.07. The monoisotopic (exact) mass is 174 g/mol. The molecule has 1 heterocycles. The van der Waals surface area contributed by atoms with Gasteiger partial charge in [0.25, 0.3) is 0 Å². The van der Waals surface area contributed by atoms with Crippen molar-refractivity contribution in [3.8, 4) is 0 Å². The van der Waals surface area contributed by atoms with E-state index in [2.05, 4.69) is 0 Å². The summed E-state index contributed by atoms with van der Waals surface area (Å²) in [4.78, 5) is 10.8. The number of cyclic esters (lactones) is 1. The second-order valence-electron chi connectivity index (χ2n) is 2.23. The standard InChI is InChI=1S/C8H6O2.K/c9-8-7-4-2-1-3-6(7)5-10-8;/h1-4H,5H2;/q;+1/p+1. The van der Waals surface area contributed by atoms with E-state index in [1.54, 1.807) is 6.07 Å². The van der Waals surface area contributed by atoms with Gasteiger partial charge in [0.1, 0.15) is 6.61 Å². The first kappa shape index (κ1) is 9.41. The van der Waals surface area contributed by atoms with Gasteiger partial charge in [-0.3, -0.25) is 0 Å². The Labute approximate surface area is 109 Å². The van der Waals surface area contributed by atoms with E-state index in [-0.39, 0.29) is 58.8 Å². The van der Waals surface area contributed by atoms with Crippen LogP contribution >= 0.6 is 0 Å². The summed E-state index contributed by atoms with van der Waals surface area (Å²) in [6.45, 7) is 0.439. The van der Waals surface area contributed by atoms with Crippen LogP contribution in [-0.2, 0) is 11.3 Å². The average Bonchev–Trinajstić information content (AvgIpc) is 2.34. The molecular weight excluding hydrogens is 167 g/mol. The largest absolute Gasteiger partial charge is 1.00 e. The Morgan fingerprint density at radius 1 is 1.36 bits per heavy atom. The third-order valence-corrected chi connectivity index (χ3v) is 1.60. The molecule has 0 amide bonds. The molecule has 11 heavy (non-hydrogen) atoms. The number of esters is 1. The fraction of sp³-hybridized carbons (Fsp3) is 0.125. The predicted molar refractivity (Wildman–Crippen MR) is 36.7 cm³/mol. The Balaban J connectivity index is 0.000000605. The summed E-state index contributed by atoms with van der Waals surface area (Å²) in [5.41, 5.74) is 1.70. The molecule has 0 unspecified atom stereocenters. The number of hydrogen-bond donors (Lipinski definition) is 0. The zero-order valence-corrected chi connectivity index (χ0v) is 9.46. The van der Waals surface area contributed by atoms with Gasteiger partial charge in [-0.15, -0.1) is 0 Å². The van der Waals surface area contributed by atoms with Crippen LogP contribution in [0.1, 0.15) is 17.3 Å². The Morgan fingerprint density at radius 2 is 2.09 bits per heavy atom. The molecule has 0 saturated carbocycles. The van der Waals surface area contributed by atoms with Crippen LogP contribution in [0.5, 0.6) is 0 Å². The Morgan fingerprint density at radius 3 is 2.82 bits per heavy atom. The maximum absolute atomic E-state index is 10.8. The van der Waals surface area contributed by atoms with Crippen molar-refractivity contribution >= 4 is 5.97 Å². The Bertz CT molecular complexity index is 288. The van der Waals surface area contributed by atoms with Crippen LogP contribution in [-0.4, -0.2) is 5.97 Å². The molecule has 0 saturated heterocycles. The van der Waals surface area contributed by atoms with E-state index < -0.39 is 0 Å². The van der Waals surface area contributed by atoms with E-state index in [1.807, 2.05) is 18.2 Å². The van der Waals surface area contributed by atoms with Gasteiger partial charge < -0.3 is 4.74 Å². The molecule has 0 aliphatic carbocycles. The Kier molecular flexibility index (Phi) is 3.27. The molecule has 0 spiro atoms. The van der Waals surface area contributed by atoms with Crippen molar-refractivity contribution in [2.45, 2.75) is 6.61 Å². The Hall–Kier alpha value is 0.326. The maximum atomic E-state index is 10.8. The molecule has 1 aromatic rings. The van der Waals surface area contributed by atoms with E-state index >= 15 is 0 Å². The van der Waals surface area contributed by atoms with E-state index in [4.69, 9.17) is 4.74 Å². The van der Waals surface area contributed by atoms with Crippen LogP contribution in [0.2, 0.25) is 0 Å². The van der Waals surface area contributed by atoms with Crippen LogP contribution < -0.4 is 51.4 Å². The smallest absolute Gasteiger partial charge is 0.457 e. The number of hydrogen-bond acceptors (Lipinski definition) is 2. The van der Waals surface area contributed by atoms with Crippen LogP contribution in [0.15, 0.2) is 24.3 Å². The molecule has 1 aliphatic heterocycles. The first-order valence-electron chi connectivity index (χ1n) is 3.13. The van der Waals surface area contributed by atoms with Gasteiger partial charge in [0.15, 0.2) is 0 Å². The number of benzene rings is 1. The number of carbonyl (C=O) groups is 1. The summed E-state index contributed by atoms with van der Waals surface area (Å²) in [7, 11) is 0. The maximum Gasteiger partial charge on any atom is 1.00 e. The summed E-state index contributed by atoms with van der Waals surface area (Å²) >= 11 is 0. The summed E-state index contributed by atoms with van der Waals surface area (Å²) in [6, 6.07) is 7.43. The van der Waals surface area contributed by atoms with Gasteiger partial charge in [-0.05, 0) is 6.07 Å². The van der Waals surface area contributed by atoms with Crippen molar-refractivity contribution < 1.29 is 62.3 Å². The van der Waals surface area contributed by atoms with Gasteiger partial charge in [0.2, 0.25) is 0 Å². The minimum Gasteiger partial charge on any atom is -0.457 e. The topological polar surface area (TPSA) is 26.3 Å². The number of carbonyl (C=O) groups excluding carboxylic acids is 1. The van der Waals surface area contributed by atoms with Crippen molar-refractivity contribution in [2.24, 2.45) is 0 Å². The number of ether oxygens (including phenoxy) is 1. The van der Waals surface area contributed by atoms with Crippen LogP contribution in [0.3, 0.4) is 0 Å². The van der Waals surface area contributed by atoms with Crippen molar-refractivity contribution in [1.82, 2.24) is 0 Å². The minimum absolute atomic E-state index is 0. The van der Waals surface area contributed by atoms with Crippen molar-refractivity contribution in [2.75, 3.05) is 0 Å². The van der Waals surface area contributed by atoms with Gasteiger partial charge in [-0.25, -0.2) is 4.79 Å². The molecule has 0 atom stereocenters. The average molecular weight is 174 g/mol. The summed E-state index contributed by atoms with van der Waals surface area (Å²) < 4.78 is 4.78. The van der Waals surface area contributed by atoms with E-state index in [0.717, 1.165) is 5.56 Å². The molecule has 0 fully saturated rings. The first-order valence-corrected chi connectivity index (χ1v) is 3.13. The van der Waals surface area contributed by atoms with Gasteiger partial charge in [0.05, 0.1) is 5.56 Å². The third-order valence-electron chi connectivity index (χ3n) is 1.60. The van der Waals surface area contributed by atoms with Crippen molar-refractivity contribution in [3.05, 3.63) is 35.4 Å². The molecule has 1 aromatic carbocycles. The van der Waals surface area contributed by atoms with Crippen LogP contribution in [0, 0.1) is 0 Å². The van der Waals surface area contributed by atoms with Crippen LogP contribution in [0.4, 0.5) is 0 Å².